The lowest BCUT2D eigenvalue weighted by Crippen LogP contribution is -2.40. The first-order valence-corrected chi connectivity index (χ1v) is 10.4. The van der Waals surface area contributed by atoms with E-state index in [1.165, 1.54) is 0 Å². The third-order valence-electron chi connectivity index (χ3n) is 4.40. The van der Waals surface area contributed by atoms with Gasteiger partial charge in [0.25, 0.3) is 5.91 Å². The maximum absolute atomic E-state index is 12.7. The Balaban J connectivity index is 1.67. The topological polar surface area (TPSA) is 75.7 Å². The molecule has 0 bridgehead atoms. The van der Waals surface area contributed by atoms with Crippen LogP contribution in [0.2, 0.25) is 0 Å². The second-order valence-corrected chi connectivity index (χ2v) is 8.73. The van der Waals surface area contributed by atoms with E-state index in [2.05, 4.69) is 19.2 Å². The number of imide groups is 1. The molecule has 0 aliphatic carbocycles. The summed E-state index contributed by atoms with van der Waals surface area (Å²) in [6.45, 7) is 4.06. The molecule has 0 radical (unpaired) electrons. The molecule has 7 heteroatoms. The number of benzene rings is 2. The molecule has 0 spiro atoms. The van der Waals surface area contributed by atoms with E-state index in [9.17, 15) is 14.4 Å². The van der Waals surface area contributed by atoms with Gasteiger partial charge in [-0.25, -0.2) is 9.69 Å². The zero-order valence-electron chi connectivity index (χ0n) is 16.5. The summed E-state index contributed by atoms with van der Waals surface area (Å²) >= 11 is 1.77. The predicted octanol–water partition coefficient (Wildman–Crippen LogP) is 3.57. The van der Waals surface area contributed by atoms with E-state index in [1.54, 1.807) is 11.8 Å². The molecule has 2 aromatic carbocycles. The molecule has 0 saturated carbocycles. The second-order valence-electron chi connectivity index (χ2n) is 7.08. The summed E-state index contributed by atoms with van der Waals surface area (Å²) in [6.07, 6.45) is -0.461. The number of carbonyl (C=O) groups is 3. The van der Waals surface area contributed by atoms with Crippen molar-refractivity contribution in [3.05, 3.63) is 65.7 Å². The number of amides is 3. The van der Waals surface area contributed by atoms with E-state index in [0.29, 0.717) is 5.25 Å². The molecule has 29 heavy (non-hydrogen) atoms. The highest BCUT2D eigenvalue weighted by atomic mass is 32.2. The number of cyclic esters (lactones) is 1. The van der Waals surface area contributed by atoms with Crippen LogP contribution in [0, 0.1) is 0 Å². The van der Waals surface area contributed by atoms with Crippen LogP contribution in [0.25, 0.3) is 0 Å². The van der Waals surface area contributed by atoms with Crippen molar-refractivity contribution in [1.82, 2.24) is 10.2 Å². The van der Waals surface area contributed by atoms with Crippen LogP contribution in [0.5, 0.6) is 0 Å². The lowest BCUT2D eigenvalue weighted by Gasteiger charge is -2.23. The largest absolute Gasteiger partial charge is 0.439 e. The van der Waals surface area contributed by atoms with Gasteiger partial charge in [-0.15, -0.1) is 11.8 Å². The minimum atomic E-state index is -0.677. The first-order chi connectivity index (χ1) is 13.9. The zero-order chi connectivity index (χ0) is 20.8. The monoisotopic (exact) mass is 412 g/mol. The van der Waals surface area contributed by atoms with Crippen molar-refractivity contribution in [2.45, 2.75) is 36.5 Å². The summed E-state index contributed by atoms with van der Waals surface area (Å²) < 4.78 is 4.78. The molecular formula is C22H24N2O4S. The fourth-order valence-electron chi connectivity index (χ4n) is 3.05. The van der Waals surface area contributed by atoms with Gasteiger partial charge >= 0.3 is 6.09 Å². The molecular weight excluding hydrogens is 388 g/mol. The van der Waals surface area contributed by atoms with Crippen LogP contribution in [0.3, 0.4) is 0 Å². The van der Waals surface area contributed by atoms with Crippen LogP contribution in [0.1, 0.15) is 31.0 Å². The van der Waals surface area contributed by atoms with E-state index in [0.717, 1.165) is 20.9 Å². The van der Waals surface area contributed by atoms with Crippen molar-refractivity contribution in [3.8, 4) is 0 Å². The molecule has 0 aromatic heterocycles. The third kappa shape index (κ3) is 5.84. The van der Waals surface area contributed by atoms with Gasteiger partial charge in [0.1, 0.15) is 0 Å². The summed E-state index contributed by atoms with van der Waals surface area (Å²) in [5.41, 5.74) is 1.72. The van der Waals surface area contributed by atoms with Crippen molar-refractivity contribution in [2.75, 3.05) is 13.2 Å². The summed E-state index contributed by atoms with van der Waals surface area (Å²) in [5, 5.41) is 3.45. The van der Waals surface area contributed by atoms with E-state index in [4.69, 9.17) is 4.74 Å². The molecule has 1 aliphatic rings. The van der Waals surface area contributed by atoms with Crippen molar-refractivity contribution >= 4 is 29.7 Å². The molecule has 1 fully saturated rings. The smallest absolute Gasteiger partial charge is 0.417 e. The Bertz CT molecular complexity index is 852. The van der Waals surface area contributed by atoms with Crippen LogP contribution in [-0.2, 0) is 20.7 Å². The summed E-state index contributed by atoms with van der Waals surface area (Å²) in [7, 11) is 0. The fourth-order valence-corrected chi connectivity index (χ4v) is 3.89. The molecule has 152 valence electrons. The number of nitrogens with one attached hydrogen (secondary N) is 1. The highest BCUT2D eigenvalue weighted by molar-refractivity contribution is 7.99. The predicted molar refractivity (Wildman–Crippen MR) is 112 cm³/mol. The number of carbonyl (C=O) groups excluding carboxylic acids is 3. The molecule has 1 unspecified atom stereocenters. The minimum Gasteiger partial charge on any atom is -0.439 e. The van der Waals surface area contributed by atoms with Crippen LogP contribution < -0.4 is 5.32 Å². The normalized spacial score (nSPS) is 14.8. The van der Waals surface area contributed by atoms with E-state index < -0.39 is 18.0 Å². The van der Waals surface area contributed by atoms with E-state index >= 15 is 0 Å². The molecule has 1 N–H and O–H groups in total. The quantitative estimate of drug-likeness (QED) is 0.671. The molecule has 1 saturated heterocycles. The molecule has 1 heterocycles. The number of rotatable bonds is 8. The first kappa shape index (κ1) is 20.9. The standard InChI is InChI=1S/C22H24N2O4S/c1-15(2)29-18-10-8-16(9-11-18)12-20(25)23-19(17-6-4-3-5-7-17)13-24-21(26)14-28-22(24)27/h3-11,15,19H,12-14H2,1-2H3,(H,23,25). The highest BCUT2D eigenvalue weighted by Gasteiger charge is 2.33. The second kappa shape index (κ2) is 9.60. The van der Waals surface area contributed by atoms with Crippen LogP contribution >= 0.6 is 11.8 Å². The number of hydrogen-bond acceptors (Lipinski definition) is 5. The maximum Gasteiger partial charge on any atom is 0.417 e. The van der Waals surface area contributed by atoms with Gasteiger partial charge in [-0.1, -0.05) is 56.3 Å². The van der Waals surface area contributed by atoms with Crippen molar-refractivity contribution in [3.63, 3.8) is 0 Å². The van der Waals surface area contributed by atoms with Gasteiger partial charge in [-0.3, -0.25) is 9.59 Å². The average molecular weight is 413 g/mol. The van der Waals surface area contributed by atoms with Crippen molar-refractivity contribution in [1.29, 1.82) is 0 Å². The van der Waals surface area contributed by atoms with Gasteiger partial charge in [0.2, 0.25) is 5.91 Å². The number of thioether (sulfide) groups is 1. The Morgan fingerprint density at radius 2 is 1.79 bits per heavy atom. The van der Waals surface area contributed by atoms with Gasteiger partial charge in [0.15, 0.2) is 6.61 Å². The van der Waals surface area contributed by atoms with Gasteiger partial charge in [-0.05, 0) is 23.3 Å². The number of ether oxygens (including phenoxy) is 1. The minimum absolute atomic E-state index is 0.0391. The van der Waals surface area contributed by atoms with E-state index in [-0.39, 0.29) is 25.5 Å². The van der Waals surface area contributed by atoms with Crippen LogP contribution in [0.15, 0.2) is 59.5 Å². The molecule has 3 rings (SSSR count). The Kier molecular flexibility index (Phi) is 6.93. The summed E-state index contributed by atoms with van der Waals surface area (Å²) in [6, 6.07) is 16.7. The molecule has 1 aliphatic heterocycles. The highest BCUT2D eigenvalue weighted by Crippen LogP contribution is 2.23. The fraction of sp³-hybridized carbons (Fsp3) is 0.318. The van der Waals surface area contributed by atoms with Gasteiger partial charge in [0.05, 0.1) is 19.0 Å². The Morgan fingerprint density at radius 3 is 2.38 bits per heavy atom. The molecule has 1 atom stereocenters. The lowest BCUT2D eigenvalue weighted by molar-refractivity contribution is -0.127. The Morgan fingerprint density at radius 1 is 1.10 bits per heavy atom. The summed E-state index contributed by atoms with van der Waals surface area (Å²) in [5.74, 6) is -0.577. The van der Waals surface area contributed by atoms with Gasteiger partial charge in [0, 0.05) is 10.1 Å². The first-order valence-electron chi connectivity index (χ1n) is 9.49. The zero-order valence-corrected chi connectivity index (χ0v) is 17.3. The third-order valence-corrected chi connectivity index (χ3v) is 5.42. The SMILES string of the molecule is CC(C)Sc1ccc(CC(=O)NC(CN2C(=O)COC2=O)c2ccccc2)cc1. The Labute approximate surface area is 174 Å². The van der Waals surface area contributed by atoms with Crippen molar-refractivity contribution in [2.24, 2.45) is 0 Å². The van der Waals surface area contributed by atoms with E-state index in [1.807, 2.05) is 54.6 Å². The Hall–Kier alpha value is -2.80. The molecule has 6 nitrogen and oxygen atoms in total. The van der Waals surface area contributed by atoms with Crippen LogP contribution in [-0.4, -0.2) is 41.2 Å². The molecule has 3 amide bonds. The maximum atomic E-state index is 12.7. The number of nitrogens with zero attached hydrogens (tertiary/aromatic N) is 1. The van der Waals surface area contributed by atoms with Gasteiger partial charge in [-0.2, -0.15) is 0 Å². The van der Waals surface area contributed by atoms with Crippen LogP contribution in [0.4, 0.5) is 4.79 Å². The van der Waals surface area contributed by atoms with Gasteiger partial charge < -0.3 is 10.1 Å². The average Bonchev–Trinajstić information content (AvgIpc) is 3.01. The number of hydrogen-bond donors (Lipinski definition) is 1. The van der Waals surface area contributed by atoms with Crippen molar-refractivity contribution < 1.29 is 19.1 Å². The molecule has 2 aromatic rings. The lowest BCUT2D eigenvalue weighted by atomic mass is 10.1. The summed E-state index contributed by atoms with van der Waals surface area (Å²) in [4.78, 5) is 38.6.